The number of aromatic nitrogens is 1. The Hall–Kier alpha value is -2.43. The van der Waals surface area contributed by atoms with E-state index in [0.29, 0.717) is 0 Å². The van der Waals surface area contributed by atoms with Gasteiger partial charge in [-0.3, -0.25) is 9.88 Å². The number of fused-ring (bicyclic) bond motifs is 1. The van der Waals surface area contributed by atoms with Crippen molar-refractivity contribution in [2.45, 2.75) is 32.4 Å². The van der Waals surface area contributed by atoms with Gasteiger partial charge in [-0.2, -0.15) is 0 Å². The summed E-state index contributed by atoms with van der Waals surface area (Å²) in [6, 6.07) is 18.7. The molecule has 0 aliphatic carbocycles. The minimum atomic E-state index is -0.293. The third-order valence-electron chi connectivity index (χ3n) is 5.51. The number of aliphatic hydroxyl groups is 1. The van der Waals surface area contributed by atoms with Crippen molar-refractivity contribution in [3.8, 4) is 5.75 Å². The van der Waals surface area contributed by atoms with E-state index in [4.69, 9.17) is 4.74 Å². The van der Waals surface area contributed by atoms with Gasteiger partial charge in [-0.15, -0.1) is 0 Å². The molecule has 1 saturated heterocycles. The zero-order chi connectivity index (χ0) is 19.3. The first-order valence-corrected chi connectivity index (χ1v) is 10.2. The maximum atomic E-state index is 10.6. The number of nitrogens with zero attached hydrogens (tertiary/aromatic N) is 2. The van der Waals surface area contributed by atoms with Crippen LogP contribution in [0.1, 0.15) is 24.5 Å². The Kier molecular flexibility index (Phi) is 5.89. The number of hydrogen-bond acceptors (Lipinski definition) is 4. The molecule has 0 bridgehead atoms. The summed E-state index contributed by atoms with van der Waals surface area (Å²) >= 11 is 0. The van der Waals surface area contributed by atoms with Crippen LogP contribution in [0.3, 0.4) is 0 Å². The van der Waals surface area contributed by atoms with Crippen molar-refractivity contribution in [1.29, 1.82) is 0 Å². The minimum absolute atomic E-state index is 0.248. The molecule has 0 unspecified atom stereocenters. The molecule has 0 saturated carbocycles. The predicted molar refractivity (Wildman–Crippen MR) is 112 cm³/mol. The average Bonchev–Trinajstić information content (AvgIpc) is 3.06. The summed E-state index contributed by atoms with van der Waals surface area (Å²) in [7, 11) is 0. The lowest BCUT2D eigenvalue weighted by Gasteiger charge is -2.16. The molecule has 28 heavy (non-hydrogen) atoms. The topological polar surface area (TPSA) is 45.6 Å². The van der Waals surface area contributed by atoms with Crippen LogP contribution < -0.4 is 4.74 Å². The van der Waals surface area contributed by atoms with E-state index in [-0.39, 0.29) is 12.0 Å². The Morgan fingerprint density at radius 2 is 1.89 bits per heavy atom. The third kappa shape index (κ3) is 4.34. The van der Waals surface area contributed by atoms with Gasteiger partial charge in [0.1, 0.15) is 5.75 Å². The minimum Gasteiger partial charge on any atom is -0.494 e. The van der Waals surface area contributed by atoms with Gasteiger partial charge < -0.3 is 9.84 Å². The highest BCUT2D eigenvalue weighted by Gasteiger charge is 2.31. The van der Waals surface area contributed by atoms with Gasteiger partial charge in [-0.1, -0.05) is 37.3 Å². The largest absolute Gasteiger partial charge is 0.494 e. The zero-order valence-corrected chi connectivity index (χ0v) is 16.4. The Bertz CT molecular complexity index is 905. The number of ether oxygens (including phenoxy) is 1. The molecule has 2 atom stereocenters. The Morgan fingerprint density at radius 1 is 1.07 bits per heavy atom. The molecular weight excluding hydrogens is 348 g/mol. The van der Waals surface area contributed by atoms with E-state index in [1.807, 2.05) is 30.5 Å². The first-order valence-electron chi connectivity index (χ1n) is 10.2. The van der Waals surface area contributed by atoms with Crippen molar-refractivity contribution in [2.24, 2.45) is 5.92 Å². The molecule has 2 heterocycles. The quantitative estimate of drug-likeness (QED) is 0.675. The number of rotatable bonds is 7. The Balaban J connectivity index is 1.39. The van der Waals surface area contributed by atoms with Crippen LogP contribution in [0.15, 0.2) is 60.8 Å². The summed E-state index contributed by atoms with van der Waals surface area (Å²) in [6.45, 7) is 5.35. The summed E-state index contributed by atoms with van der Waals surface area (Å²) in [5.41, 5.74) is 3.55. The van der Waals surface area contributed by atoms with E-state index in [2.05, 4.69) is 47.1 Å². The van der Waals surface area contributed by atoms with Crippen LogP contribution in [0.4, 0.5) is 0 Å². The molecule has 2 aromatic carbocycles. The average molecular weight is 377 g/mol. The van der Waals surface area contributed by atoms with Gasteiger partial charge in [0, 0.05) is 37.1 Å². The van der Waals surface area contributed by atoms with Gasteiger partial charge in [-0.25, -0.2) is 0 Å². The van der Waals surface area contributed by atoms with Crippen LogP contribution in [0.2, 0.25) is 0 Å². The second-order valence-electron chi connectivity index (χ2n) is 7.71. The lowest BCUT2D eigenvalue weighted by molar-refractivity contribution is 0.141. The molecule has 1 N–H and O–H groups in total. The molecule has 0 spiro atoms. The highest BCUT2D eigenvalue weighted by atomic mass is 16.5. The SMILES string of the molecule is CCCOc1ccc(CN2C[C@@H](Cc3ccnc4ccccc34)[C@@H](O)C2)cc1. The number of likely N-dealkylation sites (tertiary alicyclic amines) is 1. The van der Waals surface area contributed by atoms with Gasteiger partial charge in [0.05, 0.1) is 18.2 Å². The molecule has 0 radical (unpaired) electrons. The maximum Gasteiger partial charge on any atom is 0.119 e. The first-order chi connectivity index (χ1) is 13.7. The molecule has 146 valence electrons. The van der Waals surface area contributed by atoms with Crippen LogP contribution in [-0.4, -0.2) is 40.8 Å². The summed E-state index contributed by atoms with van der Waals surface area (Å²) in [4.78, 5) is 6.80. The van der Waals surface area contributed by atoms with E-state index in [9.17, 15) is 5.11 Å². The summed E-state index contributed by atoms with van der Waals surface area (Å²) in [5.74, 6) is 1.17. The van der Waals surface area contributed by atoms with Crippen LogP contribution in [0.5, 0.6) is 5.75 Å². The highest BCUT2D eigenvalue weighted by molar-refractivity contribution is 5.81. The monoisotopic (exact) mass is 376 g/mol. The summed E-state index contributed by atoms with van der Waals surface area (Å²) in [5, 5.41) is 11.8. The van der Waals surface area contributed by atoms with E-state index < -0.39 is 0 Å². The second-order valence-corrected chi connectivity index (χ2v) is 7.71. The summed E-state index contributed by atoms with van der Waals surface area (Å²) < 4.78 is 5.66. The lowest BCUT2D eigenvalue weighted by atomic mass is 9.94. The fraction of sp³-hybridized carbons (Fsp3) is 0.375. The predicted octanol–water partition coefficient (Wildman–Crippen LogP) is 4.06. The molecule has 1 aromatic heterocycles. The van der Waals surface area contributed by atoms with Gasteiger partial charge >= 0.3 is 0 Å². The molecule has 1 fully saturated rings. The lowest BCUT2D eigenvalue weighted by Crippen LogP contribution is -2.21. The molecule has 0 amide bonds. The van der Waals surface area contributed by atoms with Crippen molar-refractivity contribution in [1.82, 2.24) is 9.88 Å². The van der Waals surface area contributed by atoms with Crippen molar-refractivity contribution >= 4 is 10.9 Å². The van der Waals surface area contributed by atoms with Gasteiger partial charge in [0.2, 0.25) is 0 Å². The maximum absolute atomic E-state index is 10.6. The van der Waals surface area contributed by atoms with Crippen LogP contribution in [0.25, 0.3) is 10.9 Å². The molecule has 4 rings (SSSR count). The smallest absolute Gasteiger partial charge is 0.119 e. The normalized spacial score (nSPS) is 19.9. The number of benzene rings is 2. The van der Waals surface area contributed by atoms with Gasteiger partial charge in [0.25, 0.3) is 0 Å². The number of β-amino-alcohol motifs (C(OH)–C–C–N with tert-alkyl or cyclic N) is 1. The zero-order valence-electron chi connectivity index (χ0n) is 16.4. The Labute approximate surface area is 166 Å². The molecule has 4 heteroatoms. The number of aliphatic hydroxyl groups excluding tert-OH is 1. The van der Waals surface area contributed by atoms with E-state index in [1.165, 1.54) is 16.5 Å². The standard InChI is InChI=1S/C24H28N2O2/c1-2-13-28-21-9-7-18(8-10-21)15-26-16-20(24(27)17-26)14-19-11-12-25-23-6-4-3-5-22(19)23/h3-12,20,24,27H,2,13-17H2,1H3/t20-,24+/m1/s1. The van der Waals surface area contributed by atoms with Gasteiger partial charge in [0.15, 0.2) is 0 Å². The molecule has 1 aliphatic heterocycles. The molecule has 4 nitrogen and oxygen atoms in total. The second kappa shape index (κ2) is 8.72. The highest BCUT2D eigenvalue weighted by Crippen LogP contribution is 2.26. The summed E-state index contributed by atoms with van der Waals surface area (Å²) in [6.07, 6.45) is 3.48. The van der Waals surface area contributed by atoms with Crippen LogP contribution in [-0.2, 0) is 13.0 Å². The van der Waals surface area contributed by atoms with Crippen LogP contribution >= 0.6 is 0 Å². The van der Waals surface area contributed by atoms with Crippen molar-refractivity contribution in [3.63, 3.8) is 0 Å². The number of pyridine rings is 1. The van der Waals surface area contributed by atoms with Crippen molar-refractivity contribution < 1.29 is 9.84 Å². The molecular formula is C24H28N2O2. The van der Waals surface area contributed by atoms with Crippen LogP contribution in [0, 0.1) is 5.92 Å². The van der Waals surface area contributed by atoms with E-state index >= 15 is 0 Å². The van der Waals surface area contributed by atoms with Crippen molar-refractivity contribution in [2.75, 3.05) is 19.7 Å². The van der Waals surface area contributed by atoms with E-state index in [0.717, 1.165) is 50.3 Å². The Morgan fingerprint density at radius 3 is 2.71 bits per heavy atom. The number of hydrogen-bond donors (Lipinski definition) is 1. The van der Waals surface area contributed by atoms with E-state index in [1.54, 1.807) is 0 Å². The fourth-order valence-electron chi connectivity index (χ4n) is 4.06. The molecule has 3 aromatic rings. The molecule has 1 aliphatic rings. The third-order valence-corrected chi connectivity index (χ3v) is 5.51. The van der Waals surface area contributed by atoms with Gasteiger partial charge in [-0.05, 0) is 48.2 Å². The number of para-hydroxylation sites is 1. The fourth-order valence-corrected chi connectivity index (χ4v) is 4.06. The van der Waals surface area contributed by atoms with Crippen molar-refractivity contribution in [3.05, 3.63) is 71.9 Å². The first kappa shape index (κ1) is 18.9.